The van der Waals surface area contributed by atoms with Gasteiger partial charge in [-0.2, -0.15) is 0 Å². The third kappa shape index (κ3) is 2.41. The summed E-state index contributed by atoms with van der Waals surface area (Å²) in [4.78, 5) is 22.1. The van der Waals surface area contributed by atoms with Crippen molar-refractivity contribution in [3.63, 3.8) is 0 Å². The van der Waals surface area contributed by atoms with Gasteiger partial charge in [0.2, 0.25) is 0 Å². The Kier molecular flexibility index (Phi) is 4.57. The van der Waals surface area contributed by atoms with Crippen LogP contribution in [0.2, 0.25) is 0 Å². The zero-order chi connectivity index (χ0) is 18.6. The summed E-state index contributed by atoms with van der Waals surface area (Å²) in [6.07, 6.45) is 3.29. The fraction of sp³-hybridized carbons (Fsp3) is 0.222. The Balaban J connectivity index is 2.32. The molecule has 1 aromatic rings. The van der Waals surface area contributed by atoms with Crippen molar-refractivity contribution in [2.45, 2.75) is 22.1 Å². The second-order valence-electron chi connectivity index (χ2n) is 5.94. The van der Waals surface area contributed by atoms with E-state index in [9.17, 15) is 14.7 Å². The Morgan fingerprint density at radius 3 is 2.20 bits per heavy atom. The Hall–Kier alpha value is -1.26. The van der Waals surface area contributed by atoms with Crippen molar-refractivity contribution < 1.29 is 14.7 Å². The molecule has 3 atom stereocenters. The van der Waals surface area contributed by atoms with Crippen LogP contribution in [-0.4, -0.2) is 26.4 Å². The standard InChI is InChI=1S/C18H12Cl4O3/c1-2-9-7-8-17(21)15(24)13(19)14(20)16(25)18(17,22)12(9)10-3-5-11(23)6-4-10/h2-7,12,23H,1,8H2. The normalized spacial score (nSPS) is 32.3. The van der Waals surface area contributed by atoms with Gasteiger partial charge >= 0.3 is 0 Å². The van der Waals surface area contributed by atoms with Gasteiger partial charge in [-0.3, -0.25) is 9.59 Å². The molecule has 0 saturated heterocycles. The summed E-state index contributed by atoms with van der Waals surface area (Å²) in [5.74, 6) is -2.12. The Morgan fingerprint density at radius 2 is 1.64 bits per heavy atom. The van der Waals surface area contributed by atoms with Crippen LogP contribution in [-0.2, 0) is 9.59 Å². The number of halogens is 4. The molecule has 0 amide bonds. The van der Waals surface area contributed by atoms with Crippen molar-refractivity contribution in [2.75, 3.05) is 0 Å². The largest absolute Gasteiger partial charge is 0.508 e. The lowest BCUT2D eigenvalue weighted by Crippen LogP contribution is -2.64. The molecule has 2 aliphatic carbocycles. The summed E-state index contributed by atoms with van der Waals surface area (Å²) >= 11 is 25.4. The highest BCUT2D eigenvalue weighted by Crippen LogP contribution is 2.59. The van der Waals surface area contributed by atoms with E-state index in [1.54, 1.807) is 24.3 Å². The quantitative estimate of drug-likeness (QED) is 0.704. The molecule has 0 aromatic heterocycles. The molecule has 0 heterocycles. The maximum atomic E-state index is 13.0. The number of ketones is 2. The molecule has 2 aliphatic rings. The van der Waals surface area contributed by atoms with Gasteiger partial charge in [-0.15, -0.1) is 23.2 Å². The molecule has 1 aromatic carbocycles. The number of carbonyl (C=O) groups is 2. The topological polar surface area (TPSA) is 54.4 Å². The molecule has 0 aliphatic heterocycles. The third-order valence-electron chi connectivity index (χ3n) is 4.67. The molecule has 130 valence electrons. The molecule has 0 radical (unpaired) electrons. The minimum absolute atomic E-state index is 0.0129. The average Bonchev–Trinajstić information content (AvgIpc) is 2.61. The Morgan fingerprint density at radius 1 is 1.08 bits per heavy atom. The monoisotopic (exact) mass is 416 g/mol. The lowest BCUT2D eigenvalue weighted by atomic mass is 9.62. The average molecular weight is 418 g/mol. The number of carbonyl (C=O) groups excluding carboxylic acids is 2. The molecule has 3 rings (SSSR count). The fourth-order valence-corrected chi connectivity index (χ4v) is 4.83. The Bertz CT molecular complexity index is 856. The first kappa shape index (κ1) is 18.5. The molecule has 3 nitrogen and oxygen atoms in total. The molecule has 1 N–H and O–H groups in total. The zero-order valence-corrected chi connectivity index (χ0v) is 15.8. The number of phenolic OH excluding ortho intramolecular Hbond substituents is 1. The molecule has 25 heavy (non-hydrogen) atoms. The third-order valence-corrected chi connectivity index (χ3v) is 6.92. The van der Waals surface area contributed by atoms with Gasteiger partial charge in [-0.1, -0.05) is 54.1 Å². The number of rotatable bonds is 2. The maximum Gasteiger partial charge on any atom is 0.199 e. The first-order valence-electron chi connectivity index (χ1n) is 7.32. The SMILES string of the molecule is C=CC1=CCC2(Cl)C(=O)C(Cl)=C(Cl)C(=O)C2(Cl)C1c1ccc(O)cc1. The summed E-state index contributed by atoms with van der Waals surface area (Å²) in [5.41, 5.74) is 1.23. The van der Waals surface area contributed by atoms with Crippen molar-refractivity contribution >= 4 is 58.0 Å². The van der Waals surface area contributed by atoms with Crippen molar-refractivity contribution in [3.8, 4) is 5.75 Å². The lowest BCUT2D eigenvalue weighted by molar-refractivity contribution is -0.127. The number of alkyl halides is 2. The number of aromatic hydroxyl groups is 1. The van der Waals surface area contributed by atoms with Gasteiger partial charge < -0.3 is 5.11 Å². The van der Waals surface area contributed by atoms with Crippen LogP contribution < -0.4 is 0 Å². The number of hydrogen-bond acceptors (Lipinski definition) is 3. The second kappa shape index (κ2) is 6.17. The molecular weight excluding hydrogens is 406 g/mol. The van der Waals surface area contributed by atoms with Crippen molar-refractivity contribution in [2.24, 2.45) is 0 Å². The van der Waals surface area contributed by atoms with Crippen LogP contribution in [0.3, 0.4) is 0 Å². The summed E-state index contributed by atoms with van der Waals surface area (Å²) in [5, 5.41) is 8.71. The van der Waals surface area contributed by atoms with E-state index in [1.807, 2.05) is 0 Å². The molecule has 3 unspecified atom stereocenters. The van der Waals surface area contributed by atoms with Gasteiger partial charge in [0.1, 0.15) is 25.6 Å². The summed E-state index contributed by atoms with van der Waals surface area (Å²) in [6, 6.07) is 6.13. The number of benzene rings is 1. The zero-order valence-electron chi connectivity index (χ0n) is 12.7. The molecule has 7 heteroatoms. The van der Waals surface area contributed by atoms with E-state index in [0.717, 1.165) is 0 Å². The summed E-state index contributed by atoms with van der Waals surface area (Å²) < 4.78 is 0. The molecular formula is C18H12Cl4O3. The smallest absolute Gasteiger partial charge is 0.199 e. The van der Waals surface area contributed by atoms with Crippen LogP contribution in [0.15, 0.2) is 58.6 Å². The van der Waals surface area contributed by atoms with E-state index < -0.39 is 37.3 Å². The second-order valence-corrected chi connectivity index (χ2v) is 7.93. The summed E-state index contributed by atoms with van der Waals surface area (Å²) in [6.45, 7) is 3.76. The van der Waals surface area contributed by atoms with Gasteiger partial charge in [-0.05, 0) is 29.7 Å². The number of allylic oxidation sites excluding steroid dienone is 5. The lowest BCUT2D eigenvalue weighted by Gasteiger charge is -2.49. The van der Waals surface area contributed by atoms with Crippen LogP contribution in [0.1, 0.15) is 17.9 Å². The molecule has 0 fully saturated rings. The molecule has 0 spiro atoms. The first-order chi connectivity index (χ1) is 11.7. The van der Waals surface area contributed by atoms with Crippen molar-refractivity contribution in [1.29, 1.82) is 0 Å². The maximum absolute atomic E-state index is 13.0. The van der Waals surface area contributed by atoms with Crippen molar-refractivity contribution in [1.82, 2.24) is 0 Å². The van der Waals surface area contributed by atoms with Crippen LogP contribution >= 0.6 is 46.4 Å². The number of hydrogen-bond donors (Lipinski definition) is 1. The number of phenols is 1. The fourth-order valence-electron chi connectivity index (χ4n) is 3.38. The van der Waals surface area contributed by atoms with Crippen LogP contribution in [0.5, 0.6) is 5.75 Å². The predicted molar refractivity (Wildman–Crippen MR) is 99.7 cm³/mol. The van der Waals surface area contributed by atoms with Gasteiger partial charge in [-0.25, -0.2) is 0 Å². The van der Waals surface area contributed by atoms with Gasteiger partial charge in [0.25, 0.3) is 0 Å². The van der Waals surface area contributed by atoms with Crippen LogP contribution in [0.25, 0.3) is 0 Å². The predicted octanol–water partition coefficient (Wildman–Crippen LogP) is 4.79. The van der Waals surface area contributed by atoms with Crippen LogP contribution in [0, 0.1) is 0 Å². The van der Waals surface area contributed by atoms with Gasteiger partial charge in [0.05, 0.1) is 0 Å². The van der Waals surface area contributed by atoms with E-state index in [-0.39, 0.29) is 12.2 Å². The van der Waals surface area contributed by atoms with Crippen LogP contribution in [0.4, 0.5) is 0 Å². The minimum atomic E-state index is -1.86. The molecule has 0 saturated carbocycles. The first-order valence-corrected chi connectivity index (χ1v) is 8.83. The number of Topliss-reactive ketones (excluding diaryl/α,β-unsaturated/α-hetero) is 2. The van der Waals surface area contributed by atoms with E-state index in [4.69, 9.17) is 46.4 Å². The van der Waals surface area contributed by atoms with Crippen molar-refractivity contribution in [3.05, 3.63) is 64.2 Å². The highest BCUT2D eigenvalue weighted by Gasteiger charge is 2.68. The highest BCUT2D eigenvalue weighted by atomic mass is 35.5. The van der Waals surface area contributed by atoms with E-state index in [2.05, 4.69) is 6.58 Å². The van der Waals surface area contributed by atoms with E-state index >= 15 is 0 Å². The number of fused-ring (bicyclic) bond motifs is 1. The highest BCUT2D eigenvalue weighted by molar-refractivity contribution is 6.66. The van der Waals surface area contributed by atoms with E-state index in [0.29, 0.717) is 11.1 Å². The summed E-state index contributed by atoms with van der Waals surface area (Å²) in [7, 11) is 0. The van der Waals surface area contributed by atoms with Gasteiger partial charge in [0.15, 0.2) is 11.6 Å². The minimum Gasteiger partial charge on any atom is -0.508 e. The van der Waals surface area contributed by atoms with E-state index in [1.165, 1.54) is 12.1 Å². The molecule has 0 bridgehead atoms. The Labute approximate surface area is 164 Å². The van der Waals surface area contributed by atoms with Gasteiger partial charge in [0, 0.05) is 5.92 Å².